The molecule has 0 aliphatic heterocycles. The van der Waals surface area contributed by atoms with Gasteiger partial charge in [0.15, 0.2) is 0 Å². The monoisotopic (exact) mass is 354 g/mol. The van der Waals surface area contributed by atoms with Gasteiger partial charge in [0, 0.05) is 25.7 Å². The molecule has 0 spiro atoms. The lowest BCUT2D eigenvalue weighted by atomic mass is 10.0. The first-order valence-electron chi connectivity index (χ1n) is 7.83. The summed E-state index contributed by atoms with van der Waals surface area (Å²) < 4.78 is 0. The first-order valence-corrected chi connectivity index (χ1v) is 8.65. The van der Waals surface area contributed by atoms with Crippen molar-refractivity contribution in [2.45, 2.75) is 19.4 Å². The lowest BCUT2D eigenvalue weighted by Gasteiger charge is -2.18. The first-order chi connectivity index (χ1) is 12.1. The molecule has 2 aromatic heterocycles. The van der Waals surface area contributed by atoms with Gasteiger partial charge in [0.05, 0.1) is 15.9 Å². The van der Waals surface area contributed by atoms with E-state index in [1.165, 1.54) is 18.3 Å². The fraction of sp³-hybridized carbons (Fsp3) is 0.167. The summed E-state index contributed by atoms with van der Waals surface area (Å²) >= 11 is 1.25. The Labute approximate surface area is 149 Å². The number of amides is 2. The largest absolute Gasteiger partial charge is 0.349 e. The molecule has 0 radical (unpaired) electrons. The van der Waals surface area contributed by atoms with Crippen molar-refractivity contribution in [3.8, 4) is 0 Å². The minimum atomic E-state index is -0.203. The number of rotatable bonds is 6. The van der Waals surface area contributed by atoms with E-state index in [0.29, 0.717) is 16.3 Å². The zero-order valence-electron chi connectivity index (χ0n) is 13.7. The highest BCUT2D eigenvalue weighted by molar-refractivity contribution is 7.18. The first kappa shape index (κ1) is 16.9. The van der Waals surface area contributed by atoms with E-state index in [2.05, 4.69) is 20.6 Å². The number of anilines is 1. The van der Waals surface area contributed by atoms with Crippen molar-refractivity contribution in [2.24, 2.45) is 0 Å². The summed E-state index contributed by atoms with van der Waals surface area (Å²) in [5.74, 6) is 0.468. The van der Waals surface area contributed by atoms with Crippen molar-refractivity contribution in [1.82, 2.24) is 15.3 Å². The van der Waals surface area contributed by atoms with Crippen molar-refractivity contribution >= 4 is 28.2 Å². The Balaban J connectivity index is 1.76. The molecule has 1 atom stereocenters. The molecule has 25 heavy (non-hydrogen) atoms. The molecule has 1 aromatic carbocycles. The molecule has 0 aliphatic carbocycles. The summed E-state index contributed by atoms with van der Waals surface area (Å²) in [5.41, 5.74) is 1.01. The van der Waals surface area contributed by atoms with Crippen molar-refractivity contribution in [3.63, 3.8) is 0 Å². The van der Waals surface area contributed by atoms with E-state index in [-0.39, 0.29) is 17.9 Å². The third-order valence-corrected chi connectivity index (χ3v) is 4.59. The highest BCUT2D eigenvalue weighted by Gasteiger charge is 2.18. The quantitative estimate of drug-likeness (QED) is 0.635. The molecule has 0 saturated heterocycles. The van der Waals surface area contributed by atoms with E-state index < -0.39 is 0 Å². The minimum absolute atomic E-state index is 0.159. The maximum Gasteiger partial charge on any atom is 0.261 e. The Morgan fingerprint density at radius 3 is 2.68 bits per heavy atom. The van der Waals surface area contributed by atoms with E-state index in [1.54, 1.807) is 24.5 Å². The molecule has 3 aromatic rings. The number of imidazole rings is 1. The number of carbonyl (C=O) groups excluding carboxylic acids is 2. The Kier molecular flexibility index (Phi) is 5.25. The molecular formula is C18H18N4O2S. The van der Waals surface area contributed by atoms with Gasteiger partial charge in [0.1, 0.15) is 5.82 Å². The van der Waals surface area contributed by atoms with Gasteiger partial charge in [-0.15, -0.1) is 11.3 Å². The second-order valence-corrected chi connectivity index (χ2v) is 6.61. The molecule has 2 heterocycles. The average Bonchev–Trinajstić information content (AvgIpc) is 3.26. The number of aromatic nitrogens is 2. The van der Waals surface area contributed by atoms with Crippen LogP contribution in [0.4, 0.5) is 5.00 Å². The van der Waals surface area contributed by atoms with Crippen LogP contribution in [0.15, 0.2) is 54.9 Å². The summed E-state index contributed by atoms with van der Waals surface area (Å²) in [6.07, 6.45) is 4.02. The predicted octanol–water partition coefficient (Wildman–Crippen LogP) is 3.14. The van der Waals surface area contributed by atoms with Gasteiger partial charge in [-0.25, -0.2) is 4.98 Å². The van der Waals surface area contributed by atoms with Crippen LogP contribution in [-0.4, -0.2) is 21.8 Å². The van der Waals surface area contributed by atoms with E-state index in [0.717, 1.165) is 11.4 Å². The zero-order valence-corrected chi connectivity index (χ0v) is 14.5. The maximum absolute atomic E-state index is 12.6. The third kappa shape index (κ3) is 4.54. The van der Waals surface area contributed by atoms with Crippen LogP contribution < -0.4 is 10.6 Å². The van der Waals surface area contributed by atoms with Crippen LogP contribution in [0.3, 0.4) is 0 Å². The normalized spacial score (nSPS) is 11.7. The van der Waals surface area contributed by atoms with Crippen LogP contribution in [0.5, 0.6) is 0 Å². The number of nitrogens with one attached hydrogen (secondary N) is 3. The molecular weight excluding hydrogens is 336 g/mol. The van der Waals surface area contributed by atoms with Gasteiger partial charge in [-0.05, 0) is 17.7 Å². The standard InChI is InChI=1S/C18H18N4O2S/c1-12(23)21-17-8-7-15(25-17)18(24)22-14(11-16-19-9-10-20-16)13-5-3-2-4-6-13/h2-10,14H,11H2,1H3,(H,19,20)(H,21,23)(H,22,24). The molecule has 2 amide bonds. The fourth-order valence-electron chi connectivity index (χ4n) is 2.47. The van der Waals surface area contributed by atoms with Gasteiger partial charge in [0.2, 0.25) is 5.91 Å². The Hall–Kier alpha value is -2.93. The minimum Gasteiger partial charge on any atom is -0.349 e. The van der Waals surface area contributed by atoms with Crippen molar-refractivity contribution < 1.29 is 9.59 Å². The predicted molar refractivity (Wildman–Crippen MR) is 97.6 cm³/mol. The molecule has 6 nitrogen and oxygen atoms in total. The molecule has 3 rings (SSSR count). The molecule has 0 saturated carbocycles. The van der Waals surface area contributed by atoms with Crippen LogP contribution >= 0.6 is 11.3 Å². The second kappa shape index (κ2) is 7.76. The van der Waals surface area contributed by atoms with Crippen LogP contribution in [0.1, 0.15) is 34.0 Å². The number of benzene rings is 1. The Bertz CT molecular complexity index is 843. The number of hydrogen-bond acceptors (Lipinski definition) is 4. The van der Waals surface area contributed by atoms with Gasteiger partial charge in [-0.3, -0.25) is 9.59 Å². The van der Waals surface area contributed by atoms with E-state index in [9.17, 15) is 9.59 Å². The average molecular weight is 354 g/mol. The van der Waals surface area contributed by atoms with Gasteiger partial charge in [-0.1, -0.05) is 30.3 Å². The second-order valence-electron chi connectivity index (χ2n) is 5.52. The Morgan fingerprint density at radius 1 is 1.20 bits per heavy atom. The van der Waals surface area contributed by atoms with Crippen LogP contribution in [-0.2, 0) is 11.2 Å². The molecule has 0 fully saturated rings. The molecule has 1 unspecified atom stereocenters. The number of hydrogen-bond donors (Lipinski definition) is 3. The number of thiophene rings is 1. The fourth-order valence-corrected chi connectivity index (χ4v) is 3.33. The van der Waals surface area contributed by atoms with Crippen LogP contribution in [0, 0.1) is 0 Å². The van der Waals surface area contributed by atoms with E-state index in [1.807, 2.05) is 30.3 Å². The molecule has 3 N–H and O–H groups in total. The third-order valence-electron chi connectivity index (χ3n) is 3.59. The molecule has 128 valence electrons. The molecule has 7 heteroatoms. The van der Waals surface area contributed by atoms with Gasteiger partial charge in [0.25, 0.3) is 5.91 Å². The Morgan fingerprint density at radius 2 is 2.00 bits per heavy atom. The summed E-state index contributed by atoms with van der Waals surface area (Å²) in [6.45, 7) is 1.44. The van der Waals surface area contributed by atoms with Crippen molar-refractivity contribution in [1.29, 1.82) is 0 Å². The number of H-pyrrole nitrogens is 1. The summed E-state index contributed by atoms with van der Waals surface area (Å²) in [6, 6.07) is 13.0. The molecule has 0 aliphatic rings. The summed E-state index contributed by atoms with van der Waals surface area (Å²) in [5, 5.41) is 6.39. The van der Waals surface area contributed by atoms with Crippen molar-refractivity contribution in [3.05, 3.63) is 71.1 Å². The smallest absolute Gasteiger partial charge is 0.261 e. The highest BCUT2D eigenvalue weighted by Crippen LogP contribution is 2.23. The van der Waals surface area contributed by atoms with Crippen LogP contribution in [0.25, 0.3) is 0 Å². The summed E-state index contributed by atoms with van der Waals surface area (Å²) in [4.78, 5) is 31.6. The van der Waals surface area contributed by atoms with Gasteiger partial charge < -0.3 is 15.6 Å². The number of aromatic amines is 1. The highest BCUT2D eigenvalue weighted by atomic mass is 32.1. The SMILES string of the molecule is CC(=O)Nc1ccc(C(=O)NC(Cc2ncc[nH]2)c2ccccc2)s1. The van der Waals surface area contributed by atoms with E-state index in [4.69, 9.17) is 0 Å². The van der Waals surface area contributed by atoms with E-state index >= 15 is 0 Å². The van der Waals surface area contributed by atoms with Crippen molar-refractivity contribution in [2.75, 3.05) is 5.32 Å². The summed E-state index contributed by atoms with van der Waals surface area (Å²) in [7, 11) is 0. The molecule has 0 bridgehead atoms. The topological polar surface area (TPSA) is 86.9 Å². The lowest BCUT2D eigenvalue weighted by Crippen LogP contribution is -2.29. The van der Waals surface area contributed by atoms with Gasteiger partial charge in [-0.2, -0.15) is 0 Å². The van der Waals surface area contributed by atoms with Crippen LogP contribution in [0.2, 0.25) is 0 Å². The number of carbonyl (C=O) groups is 2. The lowest BCUT2D eigenvalue weighted by molar-refractivity contribution is -0.114. The van der Waals surface area contributed by atoms with Gasteiger partial charge >= 0.3 is 0 Å². The maximum atomic E-state index is 12.6. The number of nitrogens with zero attached hydrogens (tertiary/aromatic N) is 1. The zero-order chi connectivity index (χ0) is 17.6.